The van der Waals surface area contributed by atoms with Gasteiger partial charge < -0.3 is 10.8 Å². The van der Waals surface area contributed by atoms with Gasteiger partial charge in [-0.2, -0.15) is 0 Å². The maximum atomic E-state index is 9.87. The van der Waals surface area contributed by atoms with Gasteiger partial charge in [0.05, 0.1) is 5.54 Å². The molecule has 0 atom stereocenters. The van der Waals surface area contributed by atoms with Crippen LogP contribution in [0.2, 0.25) is 0 Å². The molecule has 0 unspecified atom stereocenters. The van der Waals surface area contributed by atoms with E-state index in [1.807, 2.05) is 54.6 Å². The summed E-state index contributed by atoms with van der Waals surface area (Å²) in [7, 11) is 0. The molecule has 3 heteroatoms. The van der Waals surface area contributed by atoms with E-state index in [4.69, 9.17) is 10.8 Å². The minimum absolute atomic E-state index is 0.327. The Balaban J connectivity index is 0.000000300. The molecule has 0 saturated heterocycles. The largest absolute Gasteiger partial charge is 0.481 e. The zero-order valence-electron chi connectivity index (χ0n) is 16.4. The highest BCUT2D eigenvalue weighted by atomic mass is 16.4. The number of unbranched alkanes of at least 4 members (excludes halogenated alkanes) is 2. The molecule has 3 aromatic carbocycles. The molecular formula is C25H29NO2. The maximum absolute atomic E-state index is 9.87. The van der Waals surface area contributed by atoms with E-state index >= 15 is 0 Å². The Morgan fingerprint density at radius 3 is 1.39 bits per heavy atom. The van der Waals surface area contributed by atoms with Gasteiger partial charge in [0.25, 0.3) is 0 Å². The second-order valence-corrected chi connectivity index (χ2v) is 6.76. The zero-order valence-corrected chi connectivity index (χ0v) is 16.4. The Morgan fingerprint density at radius 1 is 0.750 bits per heavy atom. The van der Waals surface area contributed by atoms with Crippen LogP contribution in [0.4, 0.5) is 0 Å². The SMILES string of the molecule is CCCCCC(=O)O.NC(c1ccccc1)(c1ccccc1)c1ccccc1. The fourth-order valence-corrected chi connectivity index (χ4v) is 3.13. The zero-order chi connectivity index (χ0) is 20.2. The van der Waals surface area contributed by atoms with Crippen molar-refractivity contribution in [2.24, 2.45) is 5.73 Å². The van der Waals surface area contributed by atoms with Gasteiger partial charge in [-0.15, -0.1) is 0 Å². The predicted octanol–water partition coefficient (Wildman–Crippen LogP) is 5.59. The lowest BCUT2D eigenvalue weighted by atomic mass is 9.78. The number of aliphatic carboxylic acids is 1. The first-order valence-electron chi connectivity index (χ1n) is 9.76. The first-order valence-corrected chi connectivity index (χ1v) is 9.76. The lowest BCUT2D eigenvalue weighted by molar-refractivity contribution is -0.137. The molecule has 0 amide bonds. The van der Waals surface area contributed by atoms with Gasteiger partial charge in [-0.3, -0.25) is 4.79 Å². The monoisotopic (exact) mass is 375 g/mol. The Labute approximate surface area is 167 Å². The molecule has 0 saturated carbocycles. The van der Waals surface area contributed by atoms with Gasteiger partial charge in [-0.05, 0) is 23.1 Å². The number of hydrogen-bond donors (Lipinski definition) is 2. The van der Waals surface area contributed by atoms with Crippen molar-refractivity contribution in [3.05, 3.63) is 108 Å². The number of rotatable bonds is 7. The molecule has 0 aliphatic rings. The molecule has 28 heavy (non-hydrogen) atoms. The fourth-order valence-electron chi connectivity index (χ4n) is 3.13. The van der Waals surface area contributed by atoms with Gasteiger partial charge >= 0.3 is 5.97 Å². The molecule has 3 rings (SSSR count). The first kappa shape index (κ1) is 21.4. The van der Waals surface area contributed by atoms with Crippen LogP contribution >= 0.6 is 0 Å². The number of carboxylic acid groups (broad SMARTS) is 1. The molecule has 0 fully saturated rings. The third-order valence-corrected chi connectivity index (χ3v) is 4.68. The minimum Gasteiger partial charge on any atom is -0.481 e. The van der Waals surface area contributed by atoms with E-state index in [1.165, 1.54) is 0 Å². The summed E-state index contributed by atoms with van der Waals surface area (Å²) in [5.41, 5.74) is 9.53. The maximum Gasteiger partial charge on any atom is 0.303 e. The molecule has 3 aromatic rings. The van der Waals surface area contributed by atoms with E-state index in [2.05, 4.69) is 43.3 Å². The van der Waals surface area contributed by atoms with Crippen LogP contribution in [-0.4, -0.2) is 11.1 Å². The summed E-state index contributed by atoms with van der Waals surface area (Å²) >= 11 is 0. The molecule has 3 N–H and O–H groups in total. The van der Waals surface area contributed by atoms with Crippen LogP contribution in [0.15, 0.2) is 91.0 Å². The normalized spacial score (nSPS) is 10.6. The number of benzene rings is 3. The van der Waals surface area contributed by atoms with E-state index in [-0.39, 0.29) is 0 Å². The van der Waals surface area contributed by atoms with E-state index < -0.39 is 11.5 Å². The van der Waals surface area contributed by atoms with Gasteiger partial charge in [-0.25, -0.2) is 0 Å². The molecule has 0 aliphatic carbocycles. The van der Waals surface area contributed by atoms with Crippen molar-refractivity contribution in [1.82, 2.24) is 0 Å². The molecule has 3 nitrogen and oxygen atoms in total. The lowest BCUT2D eigenvalue weighted by Crippen LogP contribution is -2.39. The Kier molecular flexibility index (Phi) is 8.44. The summed E-state index contributed by atoms with van der Waals surface area (Å²) in [6.07, 6.45) is 3.28. The van der Waals surface area contributed by atoms with Crippen LogP contribution in [0, 0.1) is 0 Å². The van der Waals surface area contributed by atoms with Crippen molar-refractivity contribution in [3.63, 3.8) is 0 Å². The van der Waals surface area contributed by atoms with Gasteiger partial charge in [0.15, 0.2) is 0 Å². The highest BCUT2D eigenvalue weighted by molar-refractivity contribution is 5.66. The van der Waals surface area contributed by atoms with Gasteiger partial charge in [0, 0.05) is 6.42 Å². The Bertz CT molecular complexity index is 720. The van der Waals surface area contributed by atoms with Crippen LogP contribution in [0.25, 0.3) is 0 Å². The van der Waals surface area contributed by atoms with Gasteiger partial charge in [-0.1, -0.05) is 111 Å². The van der Waals surface area contributed by atoms with Gasteiger partial charge in [0.1, 0.15) is 0 Å². The van der Waals surface area contributed by atoms with Crippen molar-refractivity contribution in [1.29, 1.82) is 0 Å². The summed E-state index contributed by atoms with van der Waals surface area (Å²) in [6, 6.07) is 30.7. The summed E-state index contributed by atoms with van der Waals surface area (Å²) < 4.78 is 0. The molecule has 0 heterocycles. The van der Waals surface area contributed by atoms with E-state index in [0.29, 0.717) is 6.42 Å². The van der Waals surface area contributed by atoms with Crippen LogP contribution in [-0.2, 0) is 10.3 Å². The summed E-state index contributed by atoms with van der Waals surface area (Å²) in [4.78, 5) is 9.87. The molecular weight excluding hydrogens is 346 g/mol. The molecule has 0 spiro atoms. The van der Waals surface area contributed by atoms with E-state index in [1.54, 1.807) is 0 Å². The standard InChI is InChI=1S/C19H17N.C6H12O2/c20-19(16-10-4-1-5-11-16,17-12-6-2-7-13-17)18-14-8-3-9-15-18;1-2-3-4-5-6(7)8/h1-15H,20H2;2-5H2,1H3,(H,7,8). The first-order chi connectivity index (χ1) is 13.6. The summed E-state index contributed by atoms with van der Waals surface area (Å²) in [6.45, 7) is 2.06. The molecule has 0 aliphatic heterocycles. The quantitative estimate of drug-likeness (QED) is 0.418. The summed E-state index contributed by atoms with van der Waals surface area (Å²) in [5.74, 6) is -0.682. The fraction of sp³-hybridized carbons (Fsp3) is 0.240. The number of hydrogen-bond acceptors (Lipinski definition) is 2. The van der Waals surface area contributed by atoms with Crippen molar-refractivity contribution in [3.8, 4) is 0 Å². The van der Waals surface area contributed by atoms with Crippen molar-refractivity contribution >= 4 is 5.97 Å². The van der Waals surface area contributed by atoms with Gasteiger partial charge in [0.2, 0.25) is 0 Å². The third-order valence-electron chi connectivity index (χ3n) is 4.68. The highest BCUT2D eigenvalue weighted by Crippen LogP contribution is 2.33. The van der Waals surface area contributed by atoms with Crippen LogP contribution < -0.4 is 5.73 Å². The predicted molar refractivity (Wildman–Crippen MR) is 115 cm³/mol. The molecule has 0 bridgehead atoms. The lowest BCUT2D eigenvalue weighted by Gasteiger charge is -2.31. The topological polar surface area (TPSA) is 63.3 Å². The van der Waals surface area contributed by atoms with Crippen molar-refractivity contribution in [2.45, 2.75) is 38.1 Å². The third kappa shape index (κ3) is 5.80. The number of carbonyl (C=O) groups is 1. The smallest absolute Gasteiger partial charge is 0.303 e. The van der Waals surface area contributed by atoms with Crippen molar-refractivity contribution in [2.75, 3.05) is 0 Å². The van der Waals surface area contributed by atoms with Crippen molar-refractivity contribution < 1.29 is 9.90 Å². The van der Waals surface area contributed by atoms with E-state index in [9.17, 15) is 4.79 Å². The average molecular weight is 376 g/mol. The Hall–Kier alpha value is -2.91. The second-order valence-electron chi connectivity index (χ2n) is 6.76. The number of carboxylic acids is 1. The average Bonchev–Trinajstić information content (AvgIpc) is 2.75. The van der Waals surface area contributed by atoms with Crippen LogP contribution in [0.5, 0.6) is 0 Å². The molecule has 0 aromatic heterocycles. The highest BCUT2D eigenvalue weighted by Gasteiger charge is 2.31. The molecule has 0 radical (unpaired) electrons. The van der Waals surface area contributed by atoms with Crippen LogP contribution in [0.1, 0.15) is 49.3 Å². The Morgan fingerprint density at radius 2 is 1.11 bits per heavy atom. The molecule has 146 valence electrons. The minimum atomic E-state index is -0.682. The second kappa shape index (κ2) is 11.1. The van der Waals surface area contributed by atoms with Crippen LogP contribution in [0.3, 0.4) is 0 Å². The van der Waals surface area contributed by atoms with E-state index in [0.717, 1.165) is 36.0 Å². The number of nitrogens with two attached hydrogens (primary N) is 1. The summed E-state index contributed by atoms with van der Waals surface area (Å²) in [5, 5.41) is 8.14.